The number of carbonyl (C=O) groups is 1. The predicted octanol–water partition coefficient (Wildman–Crippen LogP) is 4.44. The summed E-state index contributed by atoms with van der Waals surface area (Å²) in [6.45, 7) is 1.95. The molecule has 0 fully saturated rings. The number of hydrogen-bond donors (Lipinski definition) is 1. The van der Waals surface area contributed by atoms with Crippen molar-refractivity contribution < 1.29 is 4.79 Å². The summed E-state index contributed by atoms with van der Waals surface area (Å²) in [7, 11) is 0. The lowest BCUT2D eigenvalue weighted by Gasteiger charge is -2.07. The van der Waals surface area contributed by atoms with Crippen LogP contribution in [0.4, 0.5) is 5.82 Å². The zero-order valence-electron chi connectivity index (χ0n) is 14.8. The van der Waals surface area contributed by atoms with Gasteiger partial charge in [-0.1, -0.05) is 30.3 Å². The van der Waals surface area contributed by atoms with E-state index in [9.17, 15) is 10.1 Å². The lowest BCUT2D eigenvalue weighted by atomic mass is 10.1. The van der Waals surface area contributed by atoms with Crippen LogP contribution >= 0.6 is 11.8 Å². The molecule has 0 aliphatic heterocycles. The molecule has 0 aliphatic carbocycles. The van der Waals surface area contributed by atoms with Gasteiger partial charge in [-0.25, -0.2) is 9.97 Å². The number of nitriles is 1. The van der Waals surface area contributed by atoms with E-state index in [1.165, 1.54) is 11.8 Å². The average Bonchev–Trinajstić information content (AvgIpc) is 2.68. The normalized spacial score (nSPS) is 10.2. The van der Waals surface area contributed by atoms with Crippen molar-refractivity contribution in [1.82, 2.24) is 9.97 Å². The number of hydrogen-bond acceptors (Lipinski definition) is 5. The molecule has 0 saturated heterocycles. The molecular formula is C21H18N4OS. The van der Waals surface area contributed by atoms with Crippen LogP contribution in [0.5, 0.6) is 0 Å². The maximum Gasteiger partial charge on any atom is 0.226 e. The molecule has 0 bridgehead atoms. The molecule has 2 aromatic heterocycles. The molecule has 2 heterocycles. The van der Waals surface area contributed by atoms with Gasteiger partial charge in [-0.3, -0.25) is 4.79 Å². The Morgan fingerprint density at radius 1 is 1.19 bits per heavy atom. The van der Waals surface area contributed by atoms with Gasteiger partial charge in [0.2, 0.25) is 5.91 Å². The number of rotatable bonds is 6. The van der Waals surface area contributed by atoms with Crippen molar-refractivity contribution in [3.05, 3.63) is 71.9 Å². The third kappa shape index (κ3) is 5.16. The monoisotopic (exact) mass is 374 g/mol. The molecular weight excluding hydrogens is 356 g/mol. The lowest BCUT2D eigenvalue weighted by molar-refractivity contribution is -0.115. The molecule has 0 aliphatic rings. The van der Waals surface area contributed by atoms with E-state index in [0.29, 0.717) is 28.6 Å². The molecule has 1 aromatic carbocycles. The molecule has 6 heteroatoms. The first-order valence-corrected chi connectivity index (χ1v) is 9.46. The second-order valence-electron chi connectivity index (χ2n) is 5.89. The first-order valence-electron chi connectivity index (χ1n) is 8.47. The van der Waals surface area contributed by atoms with Crippen LogP contribution in [-0.2, 0) is 4.79 Å². The number of aromatic nitrogens is 2. The van der Waals surface area contributed by atoms with Crippen molar-refractivity contribution in [1.29, 1.82) is 5.26 Å². The van der Waals surface area contributed by atoms with Gasteiger partial charge in [-0.05, 0) is 36.8 Å². The zero-order chi connectivity index (χ0) is 19.1. The molecule has 5 nitrogen and oxygen atoms in total. The number of anilines is 1. The second-order valence-corrected chi connectivity index (χ2v) is 6.98. The molecule has 0 saturated carbocycles. The number of benzene rings is 1. The van der Waals surface area contributed by atoms with Crippen molar-refractivity contribution in [2.24, 2.45) is 0 Å². The topological polar surface area (TPSA) is 78.7 Å². The Morgan fingerprint density at radius 2 is 2.00 bits per heavy atom. The third-order valence-electron chi connectivity index (χ3n) is 3.80. The van der Waals surface area contributed by atoms with E-state index < -0.39 is 0 Å². The van der Waals surface area contributed by atoms with Gasteiger partial charge in [0.25, 0.3) is 0 Å². The van der Waals surface area contributed by atoms with E-state index in [1.807, 2.05) is 55.5 Å². The van der Waals surface area contributed by atoms with Gasteiger partial charge in [-0.15, -0.1) is 11.8 Å². The van der Waals surface area contributed by atoms with Crippen LogP contribution in [0.3, 0.4) is 0 Å². The van der Waals surface area contributed by atoms with Gasteiger partial charge in [0, 0.05) is 23.9 Å². The van der Waals surface area contributed by atoms with Crippen LogP contribution < -0.4 is 5.32 Å². The Bertz CT molecular complexity index is 983. The molecule has 3 aromatic rings. The maximum atomic E-state index is 12.1. The Hall–Kier alpha value is -3.17. The first kappa shape index (κ1) is 18.6. The molecule has 3 rings (SSSR count). The van der Waals surface area contributed by atoms with Gasteiger partial charge in [0.1, 0.15) is 16.9 Å². The fourth-order valence-corrected chi connectivity index (χ4v) is 3.37. The average molecular weight is 374 g/mol. The SMILES string of the molecule is Cc1ccnc(NC(=O)CCSc2nc(-c3ccccc3)ccc2C#N)c1. The molecule has 27 heavy (non-hydrogen) atoms. The summed E-state index contributed by atoms with van der Waals surface area (Å²) in [5.41, 5.74) is 3.35. The summed E-state index contributed by atoms with van der Waals surface area (Å²) >= 11 is 1.41. The van der Waals surface area contributed by atoms with E-state index in [1.54, 1.807) is 12.3 Å². The highest BCUT2D eigenvalue weighted by Crippen LogP contribution is 2.25. The van der Waals surface area contributed by atoms with E-state index in [-0.39, 0.29) is 5.91 Å². The van der Waals surface area contributed by atoms with Crippen molar-refractivity contribution in [3.63, 3.8) is 0 Å². The highest BCUT2D eigenvalue weighted by atomic mass is 32.2. The summed E-state index contributed by atoms with van der Waals surface area (Å²) < 4.78 is 0. The van der Waals surface area contributed by atoms with Crippen LogP contribution in [0.1, 0.15) is 17.5 Å². The van der Waals surface area contributed by atoms with Gasteiger partial charge in [-0.2, -0.15) is 5.26 Å². The number of thioether (sulfide) groups is 1. The van der Waals surface area contributed by atoms with Gasteiger partial charge >= 0.3 is 0 Å². The van der Waals surface area contributed by atoms with E-state index in [4.69, 9.17) is 0 Å². The predicted molar refractivity (Wildman–Crippen MR) is 107 cm³/mol. The summed E-state index contributed by atoms with van der Waals surface area (Å²) in [4.78, 5) is 20.8. The number of nitrogens with zero attached hydrogens (tertiary/aromatic N) is 3. The molecule has 0 spiro atoms. The number of amides is 1. The highest BCUT2D eigenvalue weighted by Gasteiger charge is 2.10. The molecule has 0 unspecified atom stereocenters. The minimum atomic E-state index is -0.113. The molecule has 1 amide bonds. The summed E-state index contributed by atoms with van der Waals surface area (Å²) in [6.07, 6.45) is 1.97. The van der Waals surface area contributed by atoms with Crippen LogP contribution in [0.25, 0.3) is 11.3 Å². The number of pyridine rings is 2. The van der Waals surface area contributed by atoms with E-state index in [2.05, 4.69) is 21.4 Å². The van der Waals surface area contributed by atoms with Crippen LogP contribution in [0, 0.1) is 18.3 Å². The minimum absolute atomic E-state index is 0.113. The highest BCUT2D eigenvalue weighted by molar-refractivity contribution is 7.99. The molecule has 1 N–H and O–H groups in total. The van der Waals surface area contributed by atoms with Gasteiger partial charge in [0.05, 0.1) is 11.3 Å². The molecule has 0 radical (unpaired) electrons. The minimum Gasteiger partial charge on any atom is -0.311 e. The second kappa shape index (κ2) is 8.97. The van der Waals surface area contributed by atoms with E-state index >= 15 is 0 Å². The summed E-state index contributed by atoms with van der Waals surface area (Å²) in [5.74, 6) is 0.961. The van der Waals surface area contributed by atoms with Crippen LogP contribution in [-0.4, -0.2) is 21.6 Å². The summed E-state index contributed by atoms with van der Waals surface area (Å²) in [5, 5.41) is 12.7. The fraction of sp³-hybridized carbons (Fsp3) is 0.143. The Kier molecular flexibility index (Phi) is 6.18. The smallest absolute Gasteiger partial charge is 0.226 e. The van der Waals surface area contributed by atoms with Crippen molar-refractivity contribution in [2.45, 2.75) is 18.4 Å². The molecule has 0 atom stereocenters. The van der Waals surface area contributed by atoms with Crippen LogP contribution in [0.15, 0.2) is 65.8 Å². The number of nitrogens with one attached hydrogen (secondary N) is 1. The standard InChI is InChI=1S/C21H18N4OS/c1-15-9-11-23-19(13-15)25-20(26)10-12-27-21-17(14-22)7-8-18(24-21)16-5-3-2-4-6-16/h2-9,11,13H,10,12H2,1H3,(H,23,25,26). The lowest BCUT2D eigenvalue weighted by Crippen LogP contribution is -2.13. The van der Waals surface area contributed by atoms with Crippen molar-refractivity contribution in [3.8, 4) is 17.3 Å². The van der Waals surface area contributed by atoms with Crippen LogP contribution in [0.2, 0.25) is 0 Å². The first-order chi connectivity index (χ1) is 13.2. The summed E-state index contributed by atoms with van der Waals surface area (Å²) in [6, 6.07) is 19.3. The van der Waals surface area contributed by atoms with Gasteiger partial charge in [0.15, 0.2) is 0 Å². The fourth-order valence-electron chi connectivity index (χ4n) is 2.46. The Labute approximate surface area is 162 Å². The third-order valence-corrected chi connectivity index (χ3v) is 4.79. The number of carbonyl (C=O) groups excluding carboxylic acids is 1. The van der Waals surface area contributed by atoms with Gasteiger partial charge < -0.3 is 5.32 Å². The zero-order valence-corrected chi connectivity index (χ0v) is 15.7. The van der Waals surface area contributed by atoms with Crippen molar-refractivity contribution >= 4 is 23.5 Å². The molecule has 134 valence electrons. The maximum absolute atomic E-state index is 12.1. The Balaban J connectivity index is 1.63. The number of aryl methyl sites for hydroxylation is 1. The quantitative estimate of drug-likeness (QED) is 0.645. The Morgan fingerprint density at radius 3 is 2.74 bits per heavy atom. The van der Waals surface area contributed by atoms with Crippen molar-refractivity contribution in [2.75, 3.05) is 11.1 Å². The van der Waals surface area contributed by atoms with E-state index in [0.717, 1.165) is 16.8 Å². The largest absolute Gasteiger partial charge is 0.311 e.